The van der Waals surface area contributed by atoms with Crippen molar-refractivity contribution in [3.8, 4) is 23.0 Å². The van der Waals surface area contributed by atoms with Gasteiger partial charge in [0.15, 0.2) is 23.0 Å². The smallest absolute Gasteiger partial charge is 0.267 e. The molecule has 8 heteroatoms. The Labute approximate surface area is 185 Å². The van der Waals surface area contributed by atoms with E-state index in [4.69, 9.17) is 18.9 Å². The molecule has 2 aromatic carbocycles. The summed E-state index contributed by atoms with van der Waals surface area (Å²) in [4.78, 5) is 29.6. The third kappa shape index (κ3) is 3.39. The molecule has 3 atom stereocenters. The van der Waals surface area contributed by atoms with Crippen molar-refractivity contribution >= 4 is 11.8 Å². The Bertz CT molecular complexity index is 1060. The zero-order valence-electron chi connectivity index (χ0n) is 17.6. The number of benzene rings is 2. The van der Waals surface area contributed by atoms with E-state index in [1.165, 1.54) is 0 Å². The molecular weight excluding hydrogens is 412 g/mol. The second-order valence-corrected chi connectivity index (χ2v) is 8.58. The molecule has 0 radical (unpaired) electrons. The highest BCUT2D eigenvalue weighted by molar-refractivity contribution is 5.84. The SMILES string of the molecule is O=C(C1COc2ccccc2O1)N1CCN(C(=O)C2CC2c2ccc3c(c2)OCO3)CC1. The van der Waals surface area contributed by atoms with Gasteiger partial charge in [0.25, 0.3) is 5.91 Å². The van der Waals surface area contributed by atoms with E-state index in [2.05, 4.69) is 0 Å². The van der Waals surface area contributed by atoms with Crippen LogP contribution in [-0.2, 0) is 9.59 Å². The van der Waals surface area contributed by atoms with Crippen LogP contribution in [0.4, 0.5) is 0 Å². The number of carbonyl (C=O) groups excluding carboxylic acids is 2. The molecule has 0 N–H and O–H groups in total. The normalized spacial score (nSPS) is 25.4. The molecule has 0 bridgehead atoms. The van der Waals surface area contributed by atoms with E-state index < -0.39 is 6.10 Å². The third-order valence-corrected chi connectivity index (χ3v) is 6.62. The van der Waals surface area contributed by atoms with E-state index in [0.29, 0.717) is 37.7 Å². The minimum absolute atomic E-state index is 0.00389. The topological polar surface area (TPSA) is 77.5 Å². The first-order valence-electron chi connectivity index (χ1n) is 11.0. The Kier molecular flexibility index (Phi) is 4.59. The first-order valence-corrected chi connectivity index (χ1v) is 11.0. The van der Waals surface area contributed by atoms with Crippen molar-refractivity contribution in [1.29, 1.82) is 0 Å². The molecule has 3 aliphatic heterocycles. The molecule has 1 saturated heterocycles. The Morgan fingerprint density at radius 1 is 0.781 bits per heavy atom. The van der Waals surface area contributed by atoms with Crippen LogP contribution in [0.3, 0.4) is 0 Å². The van der Waals surface area contributed by atoms with Gasteiger partial charge in [-0.1, -0.05) is 18.2 Å². The van der Waals surface area contributed by atoms with Crippen molar-refractivity contribution in [2.75, 3.05) is 39.6 Å². The molecule has 4 aliphatic rings. The number of fused-ring (bicyclic) bond motifs is 2. The lowest BCUT2D eigenvalue weighted by Crippen LogP contribution is -2.55. The Hall–Kier alpha value is -3.42. The summed E-state index contributed by atoms with van der Waals surface area (Å²) in [6, 6.07) is 13.3. The zero-order valence-corrected chi connectivity index (χ0v) is 17.6. The number of piperazine rings is 1. The number of carbonyl (C=O) groups is 2. The van der Waals surface area contributed by atoms with Gasteiger partial charge in [0.1, 0.15) is 6.61 Å². The lowest BCUT2D eigenvalue weighted by Gasteiger charge is -2.37. The second-order valence-electron chi connectivity index (χ2n) is 8.58. The predicted octanol–water partition coefficient (Wildman–Crippen LogP) is 2.03. The van der Waals surface area contributed by atoms with Gasteiger partial charge in [-0.05, 0) is 42.2 Å². The average Bonchev–Trinajstić information content (AvgIpc) is 3.51. The maximum absolute atomic E-state index is 13.0. The number of rotatable bonds is 3. The first-order chi connectivity index (χ1) is 15.7. The van der Waals surface area contributed by atoms with Crippen LogP contribution in [0.25, 0.3) is 0 Å². The molecule has 166 valence electrons. The van der Waals surface area contributed by atoms with Gasteiger partial charge in [0.05, 0.1) is 0 Å². The summed E-state index contributed by atoms with van der Waals surface area (Å²) in [5, 5.41) is 0. The number of nitrogens with zero attached hydrogens (tertiary/aromatic N) is 2. The van der Waals surface area contributed by atoms with Gasteiger partial charge < -0.3 is 28.7 Å². The van der Waals surface area contributed by atoms with Crippen LogP contribution in [0.2, 0.25) is 0 Å². The highest BCUT2D eigenvalue weighted by atomic mass is 16.7. The number of hydrogen-bond donors (Lipinski definition) is 0. The summed E-state index contributed by atoms with van der Waals surface area (Å²) in [5.74, 6) is 3.08. The van der Waals surface area contributed by atoms with Crippen LogP contribution in [-0.4, -0.2) is 67.3 Å². The summed E-state index contributed by atoms with van der Waals surface area (Å²) < 4.78 is 22.3. The van der Waals surface area contributed by atoms with E-state index in [1.807, 2.05) is 41.3 Å². The van der Waals surface area contributed by atoms with E-state index in [0.717, 1.165) is 23.5 Å². The van der Waals surface area contributed by atoms with Gasteiger partial charge in [-0.15, -0.1) is 0 Å². The fourth-order valence-electron chi connectivity index (χ4n) is 4.71. The Balaban J connectivity index is 1.03. The minimum Gasteiger partial charge on any atom is -0.485 e. The molecular formula is C24H24N2O6. The first kappa shape index (κ1) is 19.3. The van der Waals surface area contributed by atoms with Crippen molar-refractivity contribution in [1.82, 2.24) is 9.80 Å². The lowest BCUT2D eigenvalue weighted by molar-refractivity contribution is -0.146. The molecule has 8 nitrogen and oxygen atoms in total. The molecule has 3 heterocycles. The Morgan fingerprint density at radius 3 is 2.28 bits per heavy atom. The molecule has 2 amide bonds. The molecule has 0 aromatic heterocycles. The maximum atomic E-state index is 13.0. The van der Waals surface area contributed by atoms with Crippen molar-refractivity contribution in [3.05, 3.63) is 48.0 Å². The molecule has 6 rings (SSSR count). The second kappa shape index (κ2) is 7.62. The fourth-order valence-corrected chi connectivity index (χ4v) is 4.71. The summed E-state index contributed by atoms with van der Waals surface area (Å²) in [5.41, 5.74) is 1.12. The summed E-state index contributed by atoms with van der Waals surface area (Å²) in [6.07, 6.45) is 0.204. The summed E-state index contributed by atoms with van der Waals surface area (Å²) >= 11 is 0. The maximum Gasteiger partial charge on any atom is 0.267 e. The highest BCUT2D eigenvalue weighted by Crippen LogP contribution is 2.50. The van der Waals surface area contributed by atoms with E-state index in [1.54, 1.807) is 11.0 Å². The van der Waals surface area contributed by atoms with Crippen LogP contribution in [0.1, 0.15) is 17.9 Å². The van der Waals surface area contributed by atoms with E-state index in [-0.39, 0.29) is 37.0 Å². The number of hydrogen-bond acceptors (Lipinski definition) is 6. The summed E-state index contributed by atoms with van der Waals surface area (Å²) in [7, 11) is 0. The number of ether oxygens (including phenoxy) is 4. The van der Waals surface area contributed by atoms with Crippen molar-refractivity contribution in [3.63, 3.8) is 0 Å². The largest absolute Gasteiger partial charge is 0.485 e. The molecule has 2 aromatic rings. The van der Waals surface area contributed by atoms with Gasteiger partial charge in [0, 0.05) is 32.1 Å². The third-order valence-electron chi connectivity index (χ3n) is 6.62. The lowest BCUT2D eigenvalue weighted by atomic mass is 10.1. The molecule has 0 spiro atoms. The zero-order chi connectivity index (χ0) is 21.7. The van der Waals surface area contributed by atoms with Crippen LogP contribution in [0, 0.1) is 5.92 Å². The standard InChI is InChI=1S/C24H24N2O6/c27-23(17-12-16(17)15-5-6-19-21(11-15)31-14-30-19)25-7-9-26(10-8-25)24(28)22-13-29-18-3-1-2-4-20(18)32-22/h1-6,11,16-17,22H,7-10,12-14H2. The van der Waals surface area contributed by atoms with Gasteiger partial charge in [-0.2, -0.15) is 0 Å². The van der Waals surface area contributed by atoms with Gasteiger partial charge in [-0.3, -0.25) is 9.59 Å². The van der Waals surface area contributed by atoms with Crippen molar-refractivity contribution in [2.24, 2.45) is 5.92 Å². The quantitative estimate of drug-likeness (QED) is 0.733. The van der Waals surface area contributed by atoms with Crippen LogP contribution in [0.15, 0.2) is 42.5 Å². The van der Waals surface area contributed by atoms with E-state index >= 15 is 0 Å². The van der Waals surface area contributed by atoms with Crippen LogP contribution >= 0.6 is 0 Å². The molecule has 1 aliphatic carbocycles. The van der Waals surface area contributed by atoms with Gasteiger partial charge >= 0.3 is 0 Å². The van der Waals surface area contributed by atoms with Gasteiger partial charge in [0.2, 0.25) is 18.8 Å². The van der Waals surface area contributed by atoms with Crippen LogP contribution < -0.4 is 18.9 Å². The molecule has 3 unspecified atom stereocenters. The highest BCUT2D eigenvalue weighted by Gasteiger charge is 2.46. The van der Waals surface area contributed by atoms with Crippen LogP contribution in [0.5, 0.6) is 23.0 Å². The average molecular weight is 436 g/mol. The van der Waals surface area contributed by atoms with E-state index in [9.17, 15) is 9.59 Å². The molecule has 2 fully saturated rings. The summed E-state index contributed by atoms with van der Waals surface area (Å²) in [6.45, 7) is 2.55. The monoisotopic (exact) mass is 436 g/mol. The fraction of sp³-hybridized carbons (Fsp3) is 0.417. The molecule has 1 saturated carbocycles. The van der Waals surface area contributed by atoms with Crippen molar-refractivity contribution < 1.29 is 28.5 Å². The minimum atomic E-state index is -0.647. The number of amides is 2. The predicted molar refractivity (Wildman–Crippen MR) is 113 cm³/mol. The molecule has 32 heavy (non-hydrogen) atoms. The Morgan fingerprint density at radius 2 is 1.47 bits per heavy atom. The van der Waals surface area contributed by atoms with Gasteiger partial charge in [-0.25, -0.2) is 0 Å². The number of para-hydroxylation sites is 2. The van der Waals surface area contributed by atoms with Crippen molar-refractivity contribution in [2.45, 2.75) is 18.4 Å².